The van der Waals surface area contributed by atoms with Crippen LogP contribution in [0.25, 0.3) is 28.3 Å². The quantitative estimate of drug-likeness (QED) is 0.151. The van der Waals surface area contributed by atoms with Gasteiger partial charge < -0.3 is 24.8 Å². The molecule has 2 aliphatic rings. The van der Waals surface area contributed by atoms with Crippen LogP contribution in [-0.4, -0.2) is 9.52 Å². The Morgan fingerprint density at radius 2 is 1.49 bits per heavy atom. The van der Waals surface area contributed by atoms with Crippen molar-refractivity contribution in [3.05, 3.63) is 124 Å². The van der Waals surface area contributed by atoms with E-state index >= 15 is 0 Å². The van der Waals surface area contributed by atoms with Crippen LogP contribution in [0, 0.1) is 6.07 Å². The monoisotopic (exact) mass is 643 g/mol. The molecule has 0 saturated carbocycles. The van der Waals surface area contributed by atoms with E-state index in [2.05, 4.69) is 117 Å². The fourth-order valence-corrected chi connectivity index (χ4v) is 5.85. The molecule has 4 aromatic carbocycles. The van der Waals surface area contributed by atoms with Gasteiger partial charge in [-0.1, -0.05) is 117 Å². The van der Waals surface area contributed by atoms with Gasteiger partial charge in [-0.05, 0) is 52.6 Å². The van der Waals surface area contributed by atoms with E-state index in [1.54, 1.807) is 5.57 Å². The summed E-state index contributed by atoms with van der Waals surface area (Å²) < 4.78 is 0. The van der Waals surface area contributed by atoms with E-state index in [4.69, 9.17) is 0 Å². The van der Waals surface area contributed by atoms with Crippen molar-refractivity contribution in [2.75, 3.05) is 0 Å². The van der Waals surface area contributed by atoms with E-state index in [0.717, 1.165) is 22.4 Å². The number of fused-ring (bicyclic) bond motifs is 4. The normalized spacial score (nSPS) is 13.7. The molecule has 3 radical (unpaired) electrons. The molecule has 0 nitrogen and oxygen atoms in total. The first-order valence-electron chi connectivity index (χ1n) is 13.4. The Bertz CT molecular complexity index is 1380. The Kier molecular flexibility index (Phi) is 13.7. The fraction of sp³-hybridized carbons (Fsp3) is 0.257. The molecule has 0 bridgehead atoms. The van der Waals surface area contributed by atoms with Crippen LogP contribution in [0.2, 0.25) is 13.1 Å². The van der Waals surface area contributed by atoms with E-state index in [1.807, 2.05) is 0 Å². The van der Waals surface area contributed by atoms with Crippen LogP contribution in [0.1, 0.15) is 66.3 Å². The van der Waals surface area contributed by atoms with Crippen LogP contribution in [-0.2, 0) is 32.6 Å². The molecular formula is C35H35Cl2SiZr. The van der Waals surface area contributed by atoms with Crippen LogP contribution >= 0.6 is 0 Å². The summed E-state index contributed by atoms with van der Waals surface area (Å²) in [7, 11) is 1.08. The molecule has 4 aromatic rings. The van der Waals surface area contributed by atoms with E-state index < -0.39 is 0 Å². The van der Waals surface area contributed by atoms with Crippen molar-refractivity contribution in [3.63, 3.8) is 0 Å². The molecule has 0 heterocycles. The summed E-state index contributed by atoms with van der Waals surface area (Å²) in [6.45, 7) is 6.60. The molecule has 1 unspecified atom stereocenters. The topological polar surface area (TPSA) is 0 Å². The zero-order valence-electron chi connectivity index (χ0n) is 23.0. The average Bonchev–Trinajstić information content (AvgIpc) is 3.48. The minimum atomic E-state index is 0. The molecule has 0 fully saturated rings. The Hall–Kier alpha value is -1.70. The van der Waals surface area contributed by atoms with Crippen LogP contribution in [0.5, 0.6) is 0 Å². The zero-order chi connectivity index (χ0) is 24.9. The van der Waals surface area contributed by atoms with E-state index in [-0.39, 0.29) is 51.0 Å². The van der Waals surface area contributed by atoms with Crippen molar-refractivity contribution in [2.24, 2.45) is 0 Å². The third-order valence-electron chi connectivity index (χ3n) is 7.41. The predicted octanol–water partition coefficient (Wildman–Crippen LogP) is 3.63. The Balaban J connectivity index is 0.000000852. The van der Waals surface area contributed by atoms with Crippen LogP contribution in [0.4, 0.5) is 0 Å². The standard InChI is InChI=1S/C33H29.C2H6Si.2ClH.Zr/c1-2-3-5-15-25-22-31-26(23-12-6-4-7-13-23)17-10-19-29(31)33(25)30-20-11-18-28-27-16-9-8-14-24(27)21-32(28)30;1-3-2;;;/h4,6-14,16-19,22,33H,2-3,5,15,21H2,1H3;1-2H3;2*1H;/q-1;;;;+3/p-2. The van der Waals surface area contributed by atoms with Gasteiger partial charge in [0.05, 0.1) is 0 Å². The molecule has 0 saturated heterocycles. The Morgan fingerprint density at radius 3 is 2.23 bits per heavy atom. The third-order valence-corrected chi connectivity index (χ3v) is 7.41. The third kappa shape index (κ3) is 6.97. The van der Waals surface area contributed by atoms with Crippen molar-refractivity contribution in [3.8, 4) is 22.3 Å². The summed E-state index contributed by atoms with van der Waals surface area (Å²) in [5, 5.41) is 0. The second-order valence-electron chi connectivity index (χ2n) is 9.90. The summed E-state index contributed by atoms with van der Waals surface area (Å²) >= 11 is 0. The van der Waals surface area contributed by atoms with Gasteiger partial charge in [0.1, 0.15) is 0 Å². The van der Waals surface area contributed by atoms with Gasteiger partial charge >= 0.3 is 26.2 Å². The van der Waals surface area contributed by atoms with Gasteiger partial charge in [-0.3, -0.25) is 0 Å². The number of hydrogen-bond donors (Lipinski definition) is 0. The first-order valence-corrected chi connectivity index (χ1v) is 15.4. The first kappa shape index (κ1) is 33.5. The average molecular weight is 646 g/mol. The van der Waals surface area contributed by atoms with E-state index in [1.165, 1.54) is 69.3 Å². The molecule has 0 spiro atoms. The second kappa shape index (κ2) is 15.9. The first-order chi connectivity index (χ1) is 17.8. The van der Waals surface area contributed by atoms with Gasteiger partial charge in [0.25, 0.3) is 0 Å². The minimum absolute atomic E-state index is 0. The fourth-order valence-electron chi connectivity index (χ4n) is 5.85. The van der Waals surface area contributed by atoms with Gasteiger partial charge in [-0.2, -0.15) is 18.2 Å². The summed E-state index contributed by atoms with van der Waals surface area (Å²) in [5.74, 6) is 0.310. The summed E-state index contributed by atoms with van der Waals surface area (Å²) in [5.41, 5.74) is 14.2. The smallest absolute Gasteiger partial charge is 1.00 e. The number of unbranched alkanes of at least 4 members (excludes halogenated alkanes) is 2. The SMILES string of the molecule is CCCCCC1=Cc2c(-c3ccccc3)cccc2C1c1[c-]ccc2c1Cc1ccccc1-2.C[Si]C.[Cl-].[Cl-].[Zr+3]. The molecule has 0 aliphatic heterocycles. The summed E-state index contributed by atoms with van der Waals surface area (Å²) in [6.07, 6.45) is 8.48. The van der Waals surface area contributed by atoms with Crippen molar-refractivity contribution in [2.45, 2.75) is 58.0 Å². The van der Waals surface area contributed by atoms with Crippen LogP contribution in [0.3, 0.4) is 0 Å². The summed E-state index contributed by atoms with van der Waals surface area (Å²) in [4.78, 5) is 0. The van der Waals surface area contributed by atoms with Crippen molar-refractivity contribution >= 4 is 15.6 Å². The molecule has 39 heavy (non-hydrogen) atoms. The molecule has 6 rings (SSSR count). The van der Waals surface area contributed by atoms with E-state index in [9.17, 15) is 0 Å². The van der Waals surface area contributed by atoms with Crippen molar-refractivity contribution in [1.29, 1.82) is 0 Å². The van der Waals surface area contributed by atoms with Gasteiger partial charge in [0.2, 0.25) is 0 Å². The molecule has 2 aliphatic carbocycles. The minimum Gasteiger partial charge on any atom is -1.00 e. The number of allylic oxidation sites excluding steroid dienone is 1. The molecule has 0 amide bonds. The van der Waals surface area contributed by atoms with Gasteiger partial charge in [0, 0.05) is 15.4 Å². The second-order valence-corrected chi connectivity index (χ2v) is 10.9. The van der Waals surface area contributed by atoms with Gasteiger partial charge in [-0.25, -0.2) is 0 Å². The Morgan fingerprint density at radius 1 is 0.795 bits per heavy atom. The molecule has 197 valence electrons. The number of rotatable bonds is 6. The predicted molar refractivity (Wildman–Crippen MR) is 157 cm³/mol. The number of halogens is 2. The van der Waals surface area contributed by atoms with Crippen LogP contribution < -0.4 is 24.8 Å². The molecular weight excluding hydrogens is 611 g/mol. The van der Waals surface area contributed by atoms with Gasteiger partial charge in [-0.15, -0.1) is 16.7 Å². The largest absolute Gasteiger partial charge is 3.00 e. The molecule has 0 aromatic heterocycles. The maximum Gasteiger partial charge on any atom is 3.00 e. The maximum atomic E-state index is 3.73. The molecule has 1 atom stereocenters. The van der Waals surface area contributed by atoms with Crippen molar-refractivity contribution in [1.82, 2.24) is 0 Å². The summed E-state index contributed by atoms with van der Waals surface area (Å²) in [6, 6.07) is 34.8. The molecule has 4 heteroatoms. The van der Waals surface area contributed by atoms with Crippen molar-refractivity contribution < 1.29 is 51.0 Å². The van der Waals surface area contributed by atoms with Crippen LogP contribution in [0.15, 0.2) is 90.5 Å². The Labute approximate surface area is 269 Å². The zero-order valence-corrected chi connectivity index (χ0v) is 28.0. The van der Waals surface area contributed by atoms with Gasteiger partial charge in [0.15, 0.2) is 0 Å². The number of benzene rings is 4. The van der Waals surface area contributed by atoms with E-state index in [0.29, 0.717) is 5.92 Å². The maximum absolute atomic E-state index is 3.73. The molecule has 0 N–H and O–H groups in total. The number of hydrogen-bond acceptors (Lipinski definition) is 0.